The normalized spacial score (nSPS) is 19.0. The summed E-state index contributed by atoms with van der Waals surface area (Å²) in [6.07, 6.45) is 0.0311. The smallest absolute Gasteiger partial charge is 0.317 e. The van der Waals surface area contributed by atoms with Crippen LogP contribution in [-0.4, -0.2) is 52.2 Å². The number of hydrogen-bond acceptors (Lipinski definition) is 4. The molecule has 1 heterocycles. The molecular formula is C14H21N3O4S. The van der Waals surface area contributed by atoms with Gasteiger partial charge in [0, 0.05) is 19.6 Å². The zero-order valence-electron chi connectivity index (χ0n) is 12.7. The molecule has 0 radical (unpaired) electrons. The number of carbonyl (C=O) groups is 1. The Bertz CT molecular complexity index is 633. The molecule has 2 amide bonds. The summed E-state index contributed by atoms with van der Waals surface area (Å²) in [6.45, 7) is 3.85. The fourth-order valence-corrected chi connectivity index (χ4v) is 3.03. The lowest BCUT2D eigenvalue weighted by Gasteiger charge is -2.31. The van der Waals surface area contributed by atoms with E-state index in [-0.39, 0.29) is 23.6 Å². The minimum atomic E-state index is -3.48. The fourth-order valence-electron chi connectivity index (χ4n) is 2.23. The standard InChI is InChI=1S/C14H21N3O4S/c1-11-10-17(6-7-21-11)14(18)16-9-12-4-3-5-13(8-12)22(19,20)15-2/h3-5,8,11,15H,6-7,9-10H2,1-2H3,(H,16,18)/t11-/m0/s1. The molecule has 1 saturated heterocycles. The van der Waals surface area contributed by atoms with E-state index in [9.17, 15) is 13.2 Å². The first-order chi connectivity index (χ1) is 10.4. The highest BCUT2D eigenvalue weighted by Crippen LogP contribution is 2.11. The predicted molar refractivity (Wildman–Crippen MR) is 81.9 cm³/mol. The number of benzene rings is 1. The molecule has 0 aliphatic carbocycles. The molecule has 1 aliphatic heterocycles. The molecule has 8 heteroatoms. The molecule has 0 aromatic heterocycles. The Balaban J connectivity index is 1.97. The van der Waals surface area contributed by atoms with Crippen LogP contribution in [0.1, 0.15) is 12.5 Å². The molecule has 22 heavy (non-hydrogen) atoms. The van der Waals surface area contributed by atoms with Crippen LogP contribution < -0.4 is 10.0 Å². The first-order valence-electron chi connectivity index (χ1n) is 7.09. The van der Waals surface area contributed by atoms with Crippen LogP contribution in [0.5, 0.6) is 0 Å². The summed E-state index contributed by atoms with van der Waals surface area (Å²) in [5.74, 6) is 0. The number of rotatable bonds is 4. The average Bonchev–Trinajstić information content (AvgIpc) is 2.53. The molecular weight excluding hydrogens is 306 g/mol. The van der Waals surface area contributed by atoms with E-state index in [4.69, 9.17) is 4.74 Å². The quantitative estimate of drug-likeness (QED) is 0.844. The van der Waals surface area contributed by atoms with Gasteiger partial charge in [0.1, 0.15) is 0 Å². The van der Waals surface area contributed by atoms with E-state index >= 15 is 0 Å². The van der Waals surface area contributed by atoms with Crippen LogP contribution in [0.25, 0.3) is 0 Å². The Morgan fingerprint density at radius 3 is 2.91 bits per heavy atom. The van der Waals surface area contributed by atoms with Crippen molar-refractivity contribution in [2.24, 2.45) is 0 Å². The van der Waals surface area contributed by atoms with Gasteiger partial charge in [0.15, 0.2) is 0 Å². The first-order valence-corrected chi connectivity index (χ1v) is 8.57. The van der Waals surface area contributed by atoms with Gasteiger partial charge < -0.3 is 15.0 Å². The van der Waals surface area contributed by atoms with Crippen molar-refractivity contribution in [3.63, 3.8) is 0 Å². The summed E-state index contributed by atoms with van der Waals surface area (Å²) in [5, 5.41) is 2.80. The van der Waals surface area contributed by atoms with Crippen LogP contribution in [0.15, 0.2) is 29.2 Å². The molecule has 1 aromatic rings. The van der Waals surface area contributed by atoms with Crippen molar-refractivity contribution < 1.29 is 17.9 Å². The third-order valence-electron chi connectivity index (χ3n) is 3.45. The predicted octanol–water partition coefficient (Wildman–Crippen LogP) is 0.525. The lowest BCUT2D eigenvalue weighted by molar-refractivity contribution is -0.00351. The maximum Gasteiger partial charge on any atom is 0.317 e. The van der Waals surface area contributed by atoms with Gasteiger partial charge in [-0.15, -0.1) is 0 Å². The third-order valence-corrected chi connectivity index (χ3v) is 4.86. The van der Waals surface area contributed by atoms with Crippen molar-refractivity contribution in [3.05, 3.63) is 29.8 Å². The van der Waals surface area contributed by atoms with Crippen LogP contribution in [-0.2, 0) is 21.3 Å². The number of ether oxygens (including phenoxy) is 1. The molecule has 1 aromatic carbocycles. The fraction of sp³-hybridized carbons (Fsp3) is 0.500. The Morgan fingerprint density at radius 2 is 2.23 bits per heavy atom. The van der Waals surface area contributed by atoms with Crippen LogP contribution in [0.2, 0.25) is 0 Å². The topological polar surface area (TPSA) is 87.7 Å². The Hall–Kier alpha value is -1.64. The van der Waals surface area contributed by atoms with Crippen LogP contribution >= 0.6 is 0 Å². The molecule has 2 rings (SSSR count). The number of urea groups is 1. The third kappa shape index (κ3) is 4.19. The molecule has 2 N–H and O–H groups in total. The van der Waals surface area contributed by atoms with Gasteiger partial charge in [0.25, 0.3) is 0 Å². The van der Waals surface area contributed by atoms with Crippen molar-refractivity contribution in [2.45, 2.75) is 24.5 Å². The van der Waals surface area contributed by atoms with Crippen molar-refractivity contribution in [2.75, 3.05) is 26.7 Å². The SMILES string of the molecule is CNS(=O)(=O)c1cccc(CNC(=O)N2CCO[C@@H](C)C2)c1. The number of hydrogen-bond donors (Lipinski definition) is 2. The molecule has 122 valence electrons. The molecule has 0 spiro atoms. The second-order valence-corrected chi connectivity index (χ2v) is 7.03. The van der Waals surface area contributed by atoms with Crippen LogP contribution in [0.3, 0.4) is 0 Å². The maximum atomic E-state index is 12.1. The van der Waals surface area contributed by atoms with Gasteiger partial charge in [0.2, 0.25) is 10.0 Å². The van der Waals surface area contributed by atoms with Gasteiger partial charge in [-0.25, -0.2) is 17.9 Å². The summed E-state index contributed by atoms with van der Waals surface area (Å²) >= 11 is 0. The number of sulfonamides is 1. The van der Waals surface area contributed by atoms with E-state index in [1.54, 1.807) is 23.1 Å². The zero-order valence-corrected chi connectivity index (χ0v) is 13.5. The number of nitrogens with zero attached hydrogens (tertiary/aromatic N) is 1. The van der Waals surface area contributed by atoms with Gasteiger partial charge >= 0.3 is 6.03 Å². The largest absolute Gasteiger partial charge is 0.375 e. The lowest BCUT2D eigenvalue weighted by atomic mass is 10.2. The van der Waals surface area contributed by atoms with Crippen molar-refractivity contribution in [3.8, 4) is 0 Å². The Kier molecular flexibility index (Phi) is 5.38. The summed E-state index contributed by atoms with van der Waals surface area (Å²) in [4.78, 5) is 14.0. The molecule has 0 saturated carbocycles. The van der Waals surface area contributed by atoms with Crippen LogP contribution in [0.4, 0.5) is 4.79 Å². The van der Waals surface area contributed by atoms with Crippen molar-refractivity contribution in [1.82, 2.24) is 14.9 Å². The molecule has 0 bridgehead atoms. The minimum absolute atomic E-state index is 0.0311. The minimum Gasteiger partial charge on any atom is -0.375 e. The second kappa shape index (κ2) is 7.08. The summed E-state index contributed by atoms with van der Waals surface area (Å²) < 4.78 is 31.2. The van der Waals surface area contributed by atoms with E-state index in [1.807, 2.05) is 6.92 Å². The highest BCUT2D eigenvalue weighted by Gasteiger charge is 2.21. The van der Waals surface area contributed by atoms with E-state index in [1.165, 1.54) is 13.1 Å². The number of carbonyl (C=O) groups excluding carboxylic acids is 1. The van der Waals surface area contributed by atoms with Gasteiger partial charge in [-0.1, -0.05) is 12.1 Å². The van der Waals surface area contributed by atoms with Gasteiger partial charge in [-0.2, -0.15) is 0 Å². The molecule has 0 unspecified atom stereocenters. The highest BCUT2D eigenvalue weighted by atomic mass is 32.2. The molecule has 7 nitrogen and oxygen atoms in total. The van der Waals surface area contributed by atoms with Gasteiger partial charge in [-0.3, -0.25) is 0 Å². The maximum absolute atomic E-state index is 12.1. The number of amides is 2. The Morgan fingerprint density at radius 1 is 1.45 bits per heavy atom. The van der Waals surface area contributed by atoms with E-state index < -0.39 is 10.0 Å². The Labute approximate surface area is 130 Å². The molecule has 1 atom stereocenters. The lowest BCUT2D eigenvalue weighted by Crippen LogP contribution is -2.48. The molecule has 1 aliphatic rings. The average molecular weight is 327 g/mol. The van der Waals surface area contributed by atoms with Gasteiger partial charge in [-0.05, 0) is 31.7 Å². The van der Waals surface area contributed by atoms with E-state index in [0.717, 1.165) is 5.56 Å². The summed E-state index contributed by atoms with van der Waals surface area (Å²) in [7, 11) is -2.11. The van der Waals surface area contributed by atoms with Gasteiger partial charge in [0.05, 0.1) is 17.6 Å². The molecule has 1 fully saturated rings. The summed E-state index contributed by atoms with van der Waals surface area (Å²) in [5.41, 5.74) is 0.728. The number of nitrogens with one attached hydrogen (secondary N) is 2. The van der Waals surface area contributed by atoms with E-state index in [2.05, 4.69) is 10.0 Å². The number of morpholine rings is 1. The highest BCUT2D eigenvalue weighted by molar-refractivity contribution is 7.89. The van der Waals surface area contributed by atoms with Crippen molar-refractivity contribution >= 4 is 16.1 Å². The van der Waals surface area contributed by atoms with E-state index in [0.29, 0.717) is 19.7 Å². The summed E-state index contributed by atoms with van der Waals surface area (Å²) in [6, 6.07) is 6.32. The van der Waals surface area contributed by atoms with Crippen molar-refractivity contribution in [1.29, 1.82) is 0 Å². The monoisotopic (exact) mass is 327 g/mol. The zero-order chi connectivity index (χ0) is 16.2. The first kappa shape index (κ1) is 16.7. The second-order valence-electron chi connectivity index (χ2n) is 5.14. The van der Waals surface area contributed by atoms with Crippen LogP contribution in [0, 0.1) is 0 Å².